The fourth-order valence-electron chi connectivity index (χ4n) is 3.73. The van der Waals surface area contributed by atoms with Crippen LogP contribution < -0.4 is 5.76 Å². The number of aromatic nitrogens is 1. The average molecular weight is 317 g/mol. The fourth-order valence-corrected chi connectivity index (χ4v) is 3.73. The number of piperidine rings is 1. The number of para-hydroxylation sites is 2. The Kier molecular flexibility index (Phi) is 4.87. The molecule has 2 heterocycles. The van der Waals surface area contributed by atoms with Gasteiger partial charge in [0, 0.05) is 25.2 Å². The highest BCUT2D eigenvalue weighted by atomic mass is 16.4. The first-order valence-corrected chi connectivity index (χ1v) is 8.62. The molecule has 1 fully saturated rings. The lowest BCUT2D eigenvalue weighted by Gasteiger charge is -2.40. The Labute approximate surface area is 137 Å². The third kappa shape index (κ3) is 3.35. The number of likely N-dealkylation sites (N-methyl/N-ethyl adjacent to an activating group) is 1. The van der Waals surface area contributed by atoms with Gasteiger partial charge in [-0.25, -0.2) is 4.79 Å². The van der Waals surface area contributed by atoms with E-state index in [0.29, 0.717) is 24.2 Å². The summed E-state index contributed by atoms with van der Waals surface area (Å²) in [4.78, 5) is 17.0. The van der Waals surface area contributed by atoms with Gasteiger partial charge in [0.2, 0.25) is 0 Å². The van der Waals surface area contributed by atoms with E-state index in [9.17, 15) is 4.79 Å². The standard InChI is InChI=1S/C18H27N3O2/c1-4-20-10-9-15(13-14(20)2)19(3)11-12-21-16-7-5-6-8-17(16)23-18(21)22/h5-8,14-15H,4,9-13H2,1-3H3/t14-,15-/m0/s1. The van der Waals surface area contributed by atoms with Gasteiger partial charge in [-0.3, -0.25) is 4.57 Å². The van der Waals surface area contributed by atoms with Gasteiger partial charge in [-0.1, -0.05) is 19.1 Å². The Bertz CT molecular complexity index is 706. The molecule has 2 atom stereocenters. The predicted molar refractivity (Wildman–Crippen MR) is 92.8 cm³/mol. The SMILES string of the molecule is CCN1CC[C@H](N(C)CCn2c(=O)oc3ccccc32)C[C@@H]1C. The Morgan fingerprint density at radius 1 is 1.35 bits per heavy atom. The number of rotatable bonds is 5. The quantitative estimate of drug-likeness (QED) is 0.849. The zero-order valence-corrected chi connectivity index (χ0v) is 14.4. The van der Waals surface area contributed by atoms with E-state index >= 15 is 0 Å². The van der Waals surface area contributed by atoms with E-state index in [1.165, 1.54) is 19.4 Å². The van der Waals surface area contributed by atoms with Crippen molar-refractivity contribution in [2.45, 2.75) is 45.3 Å². The number of nitrogens with zero attached hydrogens (tertiary/aromatic N) is 3. The second-order valence-corrected chi connectivity index (χ2v) is 6.62. The Hall–Kier alpha value is -1.59. The van der Waals surface area contributed by atoms with Crippen LogP contribution in [0.1, 0.15) is 26.7 Å². The number of hydrogen-bond acceptors (Lipinski definition) is 4. The zero-order valence-electron chi connectivity index (χ0n) is 14.4. The third-order valence-electron chi connectivity index (χ3n) is 5.27. The first kappa shape index (κ1) is 16.3. The fraction of sp³-hybridized carbons (Fsp3) is 0.611. The molecule has 2 aromatic rings. The van der Waals surface area contributed by atoms with E-state index < -0.39 is 0 Å². The average Bonchev–Trinajstić information content (AvgIpc) is 2.87. The summed E-state index contributed by atoms with van der Waals surface area (Å²) < 4.78 is 7.05. The van der Waals surface area contributed by atoms with Gasteiger partial charge in [0.1, 0.15) is 0 Å². The van der Waals surface area contributed by atoms with Crippen LogP contribution in [-0.2, 0) is 6.54 Å². The summed E-state index contributed by atoms with van der Waals surface area (Å²) in [7, 11) is 2.17. The van der Waals surface area contributed by atoms with E-state index in [4.69, 9.17) is 4.42 Å². The number of oxazole rings is 1. The maximum absolute atomic E-state index is 12.0. The van der Waals surface area contributed by atoms with Crippen molar-refractivity contribution in [3.63, 3.8) is 0 Å². The van der Waals surface area contributed by atoms with Crippen molar-refractivity contribution in [3.8, 4) is 0 Å². The van der Waals surface area contributed by atoms with Gasteiger partial charge in [0.05, 0.1) is 5.52 Å². The van der Waals surface area contributed by atoms with Crippen LogP contribution in [0.25, 0.3) is 11.1 Å². The van der Waals surface area contributed by atoms with Gasteiger partial charge in [-0.05, 0) is 52.0 Å². The van der Waals surface area contributed by atoms with E-state index in [2.05, 4.69) is 30.7 Å². The van der Waals surface area contributed by atoms with Crippen molar-refractivity contribution in [2.75, 3.05) is 26.7 Å². The molecule has 1 aromatic heterocycles. The van der Waals surface area contributed by atoms with Crippen molar-refractivity contribution < 1.29 is 4.42 Å². The molecule has 0 aliphatic carbocycles. The number of fused-ring (bicyclic) bond motifs is 1. The Morgan fingerprint density at radius 2 is 2.13 bits per heavy atom. The minimum Gasteiger partial charge on any atom is -0.408 e. The molecule has 0 radical (unpaired) electrons. The maximum atomic E-state index is 12.0. The van der Waals surface area contributed by atoms with E-state index in [0.717, 1.165) is 18.6 Å². The first-order chi connectivity index (χ1) is 11.1. The van der Waals surface area contributed by atoms with Crippen LogP contribution in [0.15, 0.2) is 33.5 Å². The van der Waals surface area contributed by atoms with E-state index in [-0.39, 0.29) is 5.76 Å². The van der Waals surface area contributed by atoms with Gasteiger partial charge >= 0.3 is 5.76 Å². The topological polar surface area (TPSA) is 41.6 Å². The first-order valence-electron chi connectivity index (χ1n) is 8.62. The van der Waals surface area contributed by atoms with Crippen LogP contribution in [0.3, 0.4) is 0 Å². The summed E-state index contributed by atoms with van der Waals surface area (Å²) in [6, 6.07) is 8.87. The van der Waals surface area contributed by atoms with Crippen molar-refractivity contribution >= 4 is 11.1 Å². The third-order valence-corrected chi connectivity index (χ3v) is 5.27. The van der Waals surface area contributed by atoms with Crippen molar-refractivity contribution in [1.29, 1.82) is 0 Å². The van der Waals surface area contributed by atoms with Crippen LogP contribution in [-0.4, -0.2) is 53.1 Å². The van der Waals surface area contributed by atoms with Crippen LogP contribution >= 0.6 is 0 Å². The highest BCUT2D eigenvalue weighted by molar-refractivity contribution is 5.72. The normalized spacial score (nSPS) is 23.0. The summed E-state index contributed by atoms with van der Waals surface area (Å²) in [5.41, 5.74) is 1.56. The van der Waals surface area contributed by atoms with E-state index in [1.807, 2.05) is 24.3 Å². The highest BCUT2D eigenvalue weighted by Crippen LogP contribution is 2.21. The lowest BCUT2D eigenvalue weighted by molar-refractivity contribution is 0.0879. The number of benzene rings is 1. The van der Waals surface area contributed by atoms with Crippen LogP contribution in [0.2, 0.25) is 0 Å². The van der Waals surface area contributed by atoms with Crippen molar-refractivity contribution in [1.82, 2.24) is 14.4 Å². The molecule has 0 bridgehead atoms. The van der Waals surface area contributed by atoms with Crippen LogP contribution in [0.4, 0.5) is 0 Å². The lowest BCUT2D eigenvalue weighted by atomic mass is 9.97. The summed E-state index contributed by atoms with van der Waals surface area (Å²) >= 11 is 0. The predicted octanol–water partition coefficient (Wildman–Crippen LogP) is 2.40. The molecular weight excluding hydrogens is 290 g/mol. The summed E-state index contributed by atoms with van der Waals surface area (Å²) in [6.07, 6.45) is 2.40. The van der Waals surface area contributed by atoms with Gasteiger partial charge < -0.3 is 14.2 Å². The smallest absolute Gasteiger partial charge is 0.408 e. The molecule has 0 N–H and O–H groups in total. The minimum atomic E-state index is -0.256. The van der Waals surface area contributed by atoms with Gasteiger partial charge in [-0.15, -0.1) is 0 Å². The molecule has 23 heavy (non-hydrogen) atoms. The largest absolute Gasteiger partial charge is 0.419 e. The molecular formula is C18H27N3O2. The number of hydrogen-bond donors (Lipinski definition) is 0. The maximum Gasteiger partial charge on any atom is 0.419 e. The molecule has 126 valence electrons. The molecule has 5 heteroatoms. The van der Waals surface area contributed by atoms with E-state index in [1.54, 1.807) is 4.57 Å². The highest BCUT2D eigenvalue weighted by Gasteiger charge is 2.26. The van der Waals surface area contributed by atoms with Crippen LogP contribution in [0.5, 0.6) is 0 Å². The Balaban J connectivity index is 1.64. The molecule has 5 nitrogen and oxygen atoms in total. The molecule has 0 saturated carbocycles. The molecule has 1 aromatic carbocycles. The van der Waals surface area contributed by atoms with Crippen LogP contribution in [0, 0.1) is 0 Å². The van der Waals surface area contributed by atoms with Gasteiger partial charge in [0.25, 0.3) is 0 Å². The minimum absolute atomic E-state index is 0.256. The molecule has 1 saturated heterocycles. The second kappa shape index (κ2) is 6.89. The second-order valence-electron chi connectivity index (χ2n) is 6.62. The van der Waals surface area contributed by atoms with Crippen molar-refractivity contribution in [2.24, 2.45) is 0 Å². The molecule has 1 aliphatic heterocycles. The molecule has 3 rings (SSSR count). The Morgan fingerprint density at radius 3 is 2.87 bits per heavy atom. The zero-order chi connectivity index (χ0) is 16.4. The van der Waals surface area contributed by atoms with Crippen molar-refractivity contribution in [3.05, 3.63) is 34.8 Å². The summed E-state index contributed by atoms with van der Waals surface area (Å²) in [6.45, 7) is 8.39. The number of likely N-dealkylation sites (tertiary alicyclic amines) is 1. The molecule has 0 spiro atoms. The molecule has 0 amide bonds. The summed E-state index contributed by atoms with van der Waals surface area (Å²) in [5.74, 6) is -0.256. The molecule has 1 aliphatic rings. The van der Waals surface area contributed by atoms with Gasteiger partial charge in [-0.2, -0.15) is 0 Å². The lowest BCUT2D eigenvalue weighted by Crippen LogP contribution is -2.48. The van der Waals surface area contributed by atoms with Gasteiger partial charge in [0.15, 0.2) is 5.58 Å². The summed E-state index contributed by atoms with van der Waals surface area (Å²) in [5, 5.41) is 0. The monoisotopic (exact) mass is 317 g/mol. The molecule has 0 unspecified atom stereocenters.